The zero-order valence-corrected chi connectivity index (χ0v) is 12.4. The molecule has 0 unspecified atom stereocenters. The molecule has 0 aromatic carbocycles. The van der Waals surface area contributed by atoms with Gasteiger partial charge in [0.2, 0.25) is 11.8 Å². The number of primary amides is 1. The zero-order chi connectivity index (χ0) is 16.2. The number of rotatable bonds is 3. The molecule has 3 N–H and O–H groups in total. The number of aliphatic carboxylic acids is 1. The van der Waals surface area contributed by atoms with Gasteiger partial charge < -0.3 is 15.6 Å². The quantitative estimate of drug-likeness (QED) is 0.540. The lowest BCUT2D eigenvalue weighted by atomic mass is 10.1. The maximum Gasteiger partial charge on any atom is 0.352 e. The van der Waals surface area contributed by atoms with Crippen molar-refractivity contribution in [3.63, 3.8) is 0 Å². The van der Waals surface area contributed by atoms with Gasteiger partial charge in [0.15, 0.2) is 0 Å². The highest BCUT2D eigenvalue weighted by molar-refractivity contribution is 8.00. The van der Waals surface area contributed by atoms with Crippen molar-refractivity contribution in [2.45, 2.75) is 25.6 Å². The monoisotopic (exact) mass is 316 g/mol. The number of fused-ring (bicyclic) bond motifs is 1. The van der Waals surface area contributed by atoms with Crippen molar-refractivity contribution in [3.8, 4) is 0 Å². The first kappa shape index (κ1) is 17.0. The number of amides is 2. The second kappa shape index (κ2) is 7.11. The van der Waals surface area contributed by atoms with E-state index in [9.17, 15) is 19.2 Å². The van der Waals surface area contributed by atoms with Crippen LogP contribution in [0.3, 0.4) is 0 Å². The highest BCUT2D eigenvalue weighted by Crippen LogP contribution is 2.39. The molecule has 21 heavy (non-hydrogen) atoms. The molecule has 2 aliphatic heterocycles. The molecule has 0 spiro atoms. The first-order valence-electron chi connectivity index (χ1n) is 6.02. The lowest BCUT2D eigenvalue weighted by molar-refractivity contribution is -0.146. The summed E-state index contributed by atoms with van der Waals surface area (Å²) in [6.45, 7) is 2.50. The summed E-state index contributed by atoms with van der Waals surface area (Å²) in [5.41, 5.74) is 4.92. The van der Waals surface area contributed by atoms with Crippen molar-refractivity contribution >= 4 is 35.5 Å². The SMILES string of the molecule is CC(=O)OCC1=C(C(=O)O)N2C(=O)C[C@H]2SC1.CC(N)=O. The Morgan fingerprint density at radius 2 is 2.00 bits per heavy atom. The van der Waals surface area contributed by atoms with Crippen LogP contribution in [0.25, 0.3) is 0 Å². The number of ether oxygens (including phenoxy) is 1. The number of thioether (sulfide) groups is 1. The molecule has 0 radical (unpaired) electrons. The van der Waals surface area contributed by atoms with Crippen molar-refractivity contribution in [2.75, 3.05) is 12.4 Å². The largest absolute Gasteiger partial charge is 0.477 e. The highest BCUT2D eigenvalue weighted by Gasteiger charge is 2.45. The number of carbonyl (C=O) groups excluding carboxylic acids is 3. The van der Waals surface area contributed by atoms with Gasteiger partial charge in [-0.2, -0.15) is 0 Å². The minimum atomic E-state index is -1.15. The predicted molar refractivity (Wildman–Crippen MR) is 73.9 cm³/mol. The number of hydrogen-bond donors (Lipinski definition) is 2. The number of β-lactam (4-membered cyclic amide) rings is 1. The average Bonchev–Trinajstić information content (AvgIpc) is 2.34. The van der Waals surface area contributed by atoms with Crippen LogP contribution in [0.4, 0.5) is 0 Å². The minimum absolute atomic E-state index is 0.0220. The molecule has 8 nitrogen and oxygen atoms in total. The lowest BCUT2D eigenvalue weighted by Gasteiger charge is -2.43. The Morgan fingerprint density at radius 1 is 1.43 bits per heavy atom. The number of nitrogens with two attached hydrogens (primary N) is 1. The average molecular weight is 316 g/mol. The van der Waals surface area contributed by atoms with Gasteiger partial charge in [0.1, 0.15) is 12.3 Å². The minimum Gasteiger partial charge on any atom is -0.477 e. The fraction of sp³-hybridized carbons (Fsp3) is 0.500. The number of hydrogen-bond acceptors (Lipinski definition) is 6. The van der Waals surface area contributed by atoms with E-state index in [1.807, 2.05) is 0 Å². The van der Waals surface area contributed by atoms with Crippen LogP contribution < -0.4 is 5.73 Å². The Balaban J connectivity index is 0.000000491. The van der Waals surface area contributed by atoms with Crippen LogP contribution in [0.15, 0.2) is 11.3 Å². The summed E-state index contributed by atoms with van der Waals surface area (Å²) < 4.78 is 4.79. The van der Waals surface area contributed by atoms with E-state index in [1.54, 1.807) is 0 Å². The molecule has 0 aromatic heterocycles. The van der Waals surface area contributed by atoms with Crippen LogP contribution in [0.5, 0.6) is 0 Å². The molecule has 2 aliphatic rings. The number of carboxylic acid groups (broad SMARTS) is 1. The molecule has 1 fully saturated rings. The number of carbonyl (C=O) groups is 4. The first-order valence-corrected chi connectivity index (χ1v) is 7.07. The second-order valence-corrected chi connectivity index (χ2v) is 5.55. The van der Waals surface area contributed by atoms with Crippen molar-refractivity contribution < 1.29 is 29.0 Å². The zero-order valence-electron chi connectivity index (χ0n) is 11.6. The second-order valence-electron chi connectivity index (χ2n) is 4.38. The van der Waals surface area contributed by atoms with Crippen LogP contribution in [-0.2, 0) is 23.9 Å². The van der Waals surface area contributed by atoms with Crippen LogP contribution in [0.2, 0.25) is 0 Å². The smallest absolute Gasteiger partial charge is 0.352 e. The van der Waals surface area contributed by atoms with E-state index in [0.717, 1.165) is 0 Å². The maximum absolute atomic E-state index is 11.4. The Labute approximate surface area is 125 Å². The number of carboxylic acids is 1. The van der Waals surface area contributed by atoms with E-state index in [-0.39, 0.29) is 29.5 Å². The predicted octanol–water partition coefficient (Wildman–Crippen LogP) is -0.315. The Hall–Kier alpha value is -2.03. The van der Waals surface area contributed by atoms with E-state index in [2.05, 4.69) is 5.73 Å². The van der Waals surface area contributed by atoms with Gasteiger partial charge in [0.05, 0.1) is 11.8 Å². The van der Waals surface area contributed by atoms with Gasteiger partial charge in [-0.15, -0.1) is 11.8 Å². The summed E-state index contributed by atoms with van der Waals surface area (Å²) in [4.78, 5) is 43.7. The third-order valence-electron chi connectivity index (χ3n) is 2.58. The molecule has 2 rings (SSSR count). The van der Waals surface area contributed by atoms with Crippen LogP contribution >= 0.6 is 11.8 Å². The molecular weight excluding hydrogens is 300 g/mol. The van der Waals surface area contributed by atoms with Gasteiger partial charge >= 0.3 is 11.9 Å². The first-order chi connectivity index (χ1) is 9.73. The summed E-state index contributed by atoms with van der Waals surface area (Å²) in [6, 6.07) is 0. The molecular formula is C12H16N2O6S. The molecule has 116 valence electrons. The van der Waals surface area contributed by atoms with Crippen LogP contribution in [0, 0.1) is 0 Å². The Morgan fingerprint density at radius 3 is 2.43 bits per heavy atom. The molecule has 0 aromatic rings. The third-order valence-corrected chi connectivity index (χ3v) is 3.86. The van der Waals surface area contributed by atoms with E-state index < -0.39 is 11.9 Å². The van der Waals surface area contributed by atoms with E-state index in [0.29, 0.717) is 17.7 Å². The molecule has 9 heteroatoms. The summed E-state index contributed by atoms with van der Waals surface area (Å²) in [5.74, 6) is -1.67. The fourth-order valence-electron chi connectivity index (χ4n) is 1.78. The normalized spacial score (nSPS) is 19.8. The summed E-state index contributed by atoms with van der Waals surface area (Å²) in [6.07, 6.45) is 0.377. The van der Waals surface area contributed by atoms with Crippen molar-refractivity contribution in [2.24, 2.45) is 5.73 Å². The topological polar surface area (TPSA) is 127 Å². The molecule has 1 atom stereocenters. The van der Waals surface area contributed by atoms with Gasteiger partial charge in [-0.05, 0) is 0 Å². The lowest BCUT2D eigenvalue weighted by Crippen LogP contribution is -2.54. The van der Waals surface area contributed by atoms with Gasteiger partial charge in [-0.1, -0.05) is 0 Å². The molecule has 2 heterocycles. The Bertz CT molecular complexity index is 512. The van der Waals surface area contributed by atoms with Crippen molar-refractivity contribution in [1.82, 2.24) is 4.90 Å². The Kier molecular flexibility index (Phi) is 5.77. The van der Waals surface area contributed by atoms with E-state index in [1.165, 1.54) is 30.5 Å². The highest BCUT2D eigenvalue weighted by atomic mass is 32.2. The third kappa shape index (κ3) is 4.48. The number of esters is 1. The molecule has 0 bridgehead atoms. The molecule has 0 saturated carbocycles. The van der Waals surface area contributed by atoms with Gasteiger partial charge in [-0.25, -0.2) is 4.79 Å². The van der Waals surface area contributed by atoms with Crippen molar-refractivity contribution in [3.05, 3.63) is 11.3 Å². The van der Waals surface area contributed by atoms with E-state index in [4.69, 9.17) is 9.84 Å². The van der Waals surface area contributed by atoms with Gasteiger partial charge in [0, 0.05) is 25.2 Å². The van der Waals surface area contributed by atoms with Gasteiger partial charge in [-0.3, -0.25) is 19.3 Å². The van der Waals surface area contributed by atoms with Crippen LogP contribution in [-0.4, -0.2) is 51.5 Å². The standard InChI is InChI=1S/C10H11NO5S.C2H5NO/c1-5(12)16-3-6-4-17-8-2-7(13)11(8)9(6)10(14)15;1-2(3)4/h8H,2-4H2,1H3,(H,14,15);1H3,(H2,3,4)/t8-;/m1./s1. The van der Waals surface area contributed by atoms with E-state index >= 15 is 0 Å². The molecule has 1 saturated heterocycles. The fourth-order valence-corrected chi connectivity index (χ4v) is 3.02. The van der Waals surface area contributed by atoms with Crippen LogP contribution in [0.1, 0.15) is 20.3 Å². The maximum atomic E-state index is 11.4. The summed E-state index contributed by atoms with van der Waals surface area (Å²) >= 11 is 1.49. The van der Waals surface area contributed by atoms with Crippen molar-refractivity contribution in [1.29, 1.82) is 0 Å². The van der Waals surface area contributed by atoms with Gasteiger partial charge in [0.25, 0.3) is 0 Å². The molecule has 2 amide bonds. The number of nitrogens with zero attached hydrogens (tertiary/aromatic N) is 1. The summed E-state index contributed by atoms with van der Waals surface area (Å²) in [5, 5.41) is 9.04. The summed E-state index contributed by atoms with van der Waals surface area (Å²) in [7, 11) is 0. The molecule has 0 aliphatic carbocycles.